The summed E-state index contributed by atoms with van der Waals surface area (Å²) in [6.07, 6.45) is 0. The van der Waals surface area contributed by atoms with Gasteiger partial charge in [-0.3, -0.25) is 9.59 Å². The third kappa shape index (κ3) is 4.27. The van der Waals surface area contributed by atoms with Gasteiger partial charge in [-0.2, -0.15) is 0 Å². The molecule has 5 rings (SSSR count). The fraction of sp³-hybridized carbons (Fsp3) is 0.0769. The molecule has 0 aliphatic rings. The molecule has 0 atom stereocenters. The van der Waals surface area contributed by atoms with E-state index in [1.165, 1.54) is 6.07 Å². The van der Waals surface area contributed by atoms with Crippen molar-refractivity contribution in [2.45, 2.75) is 6.92 Å². The molecule has 1 N–H and O–H groups in total. The van der Waals surface area contributed by atoms with Crippen molar-refractivity contribution in [1.82, 2.24) is 0 Å². The van der Waals surface area contributed by atoms with Crippen molar-refractivity contribution < 1.29 is 18.4 Å². The molecule has 0 unspecified atom stereocenters. The van der Waals surface area contributed by atoms with Crippen molar-refractivity contribution in [1.29, 1.82) is 0 Å². The number of halogens is 1. The molecular formula is C26H18BrNO5. The second kappa shape index (κ2) is 8.60. The van der Waals surface area contributed by atoms with E-state index in [1.807, 2.05) is 43.3 Å². The zero-order chi connectivity index (χ0) is 22.9. The Morgan fingerprint density at radius 1 is 0.939 bits per heavy atom. The Balaban J connectivity index is 1.45. The van der Waals surface area contributed by atoms with Crippen LogP contribution in [0.3, 0.4) is 0 Å². The van der Waals surface area contributed by atoms with E-state index in [0.29, 0.717) is 34.6 Å². The van der Waals surface area contributed by atoms with E-state index in [1.54, 1.807) is 30.3 Å². The number of benzene rings is 3. The Labute approximate surface area is 196 Å². The average Bonchev–Trinajstić information content (AvgIpc) is 3.23. The molecule has 0 bridgehead atoms. The lowest BCUT2D eigenvalue weighted by Crippen LogP contribution is -2.11. The number of anilines is 1. The number of rotatable bonds is 5. The maximum atomic E-state index is 12.7. The maximum Gasteiger partial charge on any atom is 0.291 e. The summed E-state index contributed by atoms with van der Waals surface area (Å²) in [7, 11) is 0. The molecule has 1 amide bonds. The molecule has 2 heterocycles. The summed E-state index contributed by atoms with van der Waals surface area (Å²) in [6, 6.07) is 20.9. The van der Waals surface area contributed by atoms with E-state index in [0.717, 1.165) is 21.2 Å². The summed E-state index contributed by atoms with van der Waals surface area (Å²) in [5.41, 5.74) is 2.06. The summed E-state index contributed by atoms with van der Waals surface area (Å²) in [6.45, 7) is 2.49. The van der Waals surface area contributed by atoms with Crippen LogP contribution in [-0.4, -0.2) is 12.5 Å². The first kappa shape index (κ1) is 21.0. The highest BCUT2D eigenvalue weighted by Crippen LogP contribution is 2.27. The number of hydrogen-bond donors (Lipinski definition) is 1. The molecular weight excluding hydrogens is 486 g/mol. The van der Waals surface area contributed by atoms with E-state index in [-0.39, 0.29) is 11.2 Å². The third-order valence-electron chi connectivity index (χ3n) is 5.14. The van der Waals surface area contributed by atoms with Crippen LogP contribution in [0.5, 0.6) is 5.75 Å². The zero-order valence-electron chi connectivity index (χ0n) is 17.6. The van der Waals surface area contributed by atoms with Gasteiger partial charge >= 0.3 is 0 Å². The highest BCUT2D eigenvalue weighted by atomic mass is 79.9. The van der Waals surface area contributed by atoms with Gasteiger partial charge in [0, 0.05) is 33.2 Å². The smallest absolute Gasteiger partial charge is 0.291 e. The van der Waals surface area contributed by atoms with Crippen LogP contribution >= 0.6 is 15.9 Å². The molecule has 0 radical (unpaired) electrons. The largest absolute Gasteiger partial charge is 0.494 e. The van der Waals surface area contributed by atoms with E-state index in [4.69, 9.17) is 13.6 Å². The van der Waals surface area contributed by atoms with Gasteiger partial charge in [0.1, 0.15) is 22.7 Å². The van der Waals surface area contributed by atoms with Crippen LogP contribution < -0.4 is 15.5 Å². The molecule has 0 saturated heterocycles. The van der Waals surface area contributed by atoms with Gasteiger partial charge < -0.3 is 18.9 Å². The van der Waals surface area contributed by atoms with Crippen LogP contribution in [0, 0.1) is 0 Å². The molecule has 3 aromatic carbocycles. The van der Waals surface area contributed by atoms with Gasteiger partial charge in [0.25, 0.3) is 5.91 Å². The van der Waals surface area contributed by atoms with Gasteiger partial charge in [-0.05, 0) is 67.6 Å². The normalized spacial score (nSPS) is 11.1. The van der Waals surface area contributed by atoms with Gasteiger partial charge in [0.05, 0.1) is 12.0 Å². The number of amides is 1. The molecule has 0 aliphatic heterocycles. The Kier molecular flexibility index (Phi) is 5.48. The molecule has 0 spiro atoms. The van der Waals surface area contributed by atoms with E-state index in [9.17, 15) is 9.59 Å². The molecule has 164 valence electrons. The highest BCUT2D eigenvalue weighted by Gasteiger charge is 2.14. The van der Waals surface area contributed by atoms with Gasteiger partial charge in [-0.15, -0.1) is 0 Å². The predicted molar refractivity (Wildman–Crippen MR) is 131 cm³/mol. The Morgan fingerprint density at radius 2 is 1.76 bits per heavy atom. The zero-order valence-corrected chi connectivity index (χ0v) is 19.1. The maximum absolute atomic E-state index is 12.7. The summed E-state index contributed by atoms with van der Waals surface area (Å²) in [5, 5.41) is 4.05. The van der Waals surface area contributed by atoms with Gasteiger partial charge in [-0.1, -0.05) is 15.9 Å². The third-order valence-corrected chi connectivity index (χ3v) is 5.63. The van der Waals surface area contributed by atoms with Gasteiger partial charge in [-0.25, -0.2) is 0 Å². The predicted octanol–water partition coefficient (Wildman–Crippen LogP) is 6.62. The van der Waals surface area contributed by atoms with Gasteiger partial charge in [0.15, 0.2) is 11.2 Å². The van der Waals surface area contributed by atoms with Crippen LogP contribution in [0.1, 0.15) is 17.5 Å². The Morgan fingerprint density at radius 3 is 2.55 bits per heavy atom. The van der Waals surface area contributed by atoms with E-state index >= 15 is 0 Å². The van der Waals surface area contributed by atoms with Crippen molar-refractivity contribution in [2.75, 3.05) is 11.9 Å². The topological polar surface area (TPSA) is 81.7 Å². The average molecular weight is 504 g/mol. The Hall–Kier alpha value is -3.84. The quantitative estimate of drug-likeness (QED) is 0.291. The number of hydrogen-bond acceptors (Lipinski definition) is 5. The first-order valence-electron chi connectivity index (χ1n) is 10.3. The monoisotopic (exact) mass is 503 g/mol. The van der Waals surface area contributed by atoms with Crippen LogP contribution in [0.25, 0.3) is 33.3 Å². The number of carbonyl (C=O) groups is 1. The SMILES string of the molecule is CCOc1ccc(-c2cc(=O)c3ccc(NC(=O)c4cc5cc(Br)ccc5o4)cc3o2)cc1. The fourth-order valence-electron chi connectivity index (χ4n) is 3.58. The van der Waals surface area contributed by atoms with Crippen molar-refractivity contribution in [2.24, 2.45) is 0 Å². The van der Waals surface area contributed by atoms with Crippen LogP contribution in [-0.2, 0) is 0 Å². The number of fused-ring (bicyclic) bond motifs is 2. The number of furan rings is 1. The summed E-state index contributed by atoms with van der Waals surface area (Å²) < 4.78 is 18.0. The van der Waals surface area contributed by atoms with Crippen LogP contribution in [0.15, 0.2) is 90.9 Å². The lowest BCUT2D eigenvalue weighted by atomic mass is 10.1. The molecule has 0 saturated carbocycles. The van der Waals surface area contributed by atoms with Gasteiger partial charge in [0.2, 0.25) is 0 Å². The van der Waals surface area contributed by atoms with Crippen LogP contribution in [0.2, 0.25) is 0 Å². The number of carbonyl (C=O) groups excluding carboxylic acids is 1. The summed E-state index contributed by atoms with van der Waals surface area (Å²) >= 11 is 3.41. The number of ether oxygens (including phenoxy) is 1. The summed E-state index contributed by atoms with van der Waals surface area (Å²) in [4.78, 5) is 25.4. The van der Waals surface area contributed by atoms with E-state index in [2.05, 4.69) is 21.2 Å². The van der Waals surface area contributed by atoms with Crippen molar-refractivity contribution >= 4 is 49.5 Å². The van der Waals surface area contributed by atoms with E-state index < -0.39 is 5.91 Å². The lowest BCUT2D eigenvalue weighted by molar-refractivity contribution is 0.0998. The Bertz CT molecular complexity index is 1550. The van der Waals surface area contributed by atoms with Crippen LogP contribution in [0.4, 0.5) is 5.69 Å². The summed E-state index contributed by atoms with van der Waals surface area (Å²) in [5.74, 6) is 0.966. The second-order valence-corrected chi connectivity index (χ2v) is 8.31. The molecule has 0 fully saturated rings. The molecule has 6 nitrogen and oxygen atoms in total. The first-order valence-corrected chi connectivity index (χ1v) is 11.1. The van der Waals surface area contributed by atoms with Crippen molar-refractivity contribution in [3.05, 3.63) is 93.3 Å². The van der Waals surface area contributed by atoms with Crippen molar-refractivity contribution in [3.8, 4) is 17.1 Å². The minimum absolute atomic E-state index is 0.166. The standard InChI is InChI=1S/C26H18BrNO5/c1-2-31-19-7-3-15(4-8-19)23-14-21(29)20-9-6-18(13-24(20)33-23)28-26(30)25-12-16-11-17(27)5-10-22(16)32-25/h3-14H,2H2,1H3,(H,28,30). The molecule has 7 heteroatoms. The van der Waals surface area contributed by atoms with Crippen molar-refractivity contribution in [3.63, 3.8) is 0 Å². The minimum atomic E-state index is -0.397. The first-order chi connectivity index (χ1) is 16.0. The minimum Gasteiger partial charge on any atom is -0.494 e. The fourth-order valence-corrected chi connectivity index (χ4v) is 3.95. The second-order valence-electron chi connectivity index (χ2n) is 7.39. The molecule has 2 aromatic heterocycles. The highest BCUT2D eigenvalue weighted by molar-refractivity contribution is 9.10. The molecule has 33 heavy (non-hydrogen) atoms. The molecule has 0 aliphatic carbocycles. The lowest BCUT2D eigenvalue weighted by Gasteiger charge is -2.07. The number of nitrogens with one attached hydrogen (secondary N) is 1. The molecule has 5 aromatic rings.